The maximum absolute atomic E-state index is 14.1. The summed E-state index contributed by atoms with van der Waals surface area (Å²) in [5, 5.41) is 7.37. The van der Waals surface area contributed by atoms with E-state index in [1.807, 2.05) is 30.3 Å². The number of hydrogen-bond donors (Lipinski definition) is 2. The van der Waals surface area contributed by atoms with Gasteiger partial charge in [-0.1, -0.05) is 36.4 Å². The first kappa shape index (κ1) is 27.1. The van der Waals surface area contributed by atoms with Gasteiger partial charge in [0.2, 0.25) is 0 Å². The molecule has 7 nitrogen and oxygen atoms in total. The van der Waals surface area contributed by atoms with Crippen molar-refractivity contribution in [3.63, 3.8) is 0 Å². The minimum Gasteiger partial charge on any atom is -0.339 e. The summed E-state index contributed by atoms with van der Waals surface area (Å²) in [5.41, 5.74) is 7.00. The lowest BCUT2D eigenvalue weighted by atomic mass is 9.81. The van der Waals surface area contributed by atoms with Gasteiger partial charge < -0.3 is 11.1 Å². The first-order chi connectivity index (χ1) is 19.1. The number of carbonyl (C=O) groups excluding carboxylic acids is 2. The lowest BCUT2D eigenvalue weighted by molar-refractivity contribution is -0.137. The molecular weight excluding hydrogens is 526 g/mol. The lowest BCUT2D eigenvalue weighted by Gasteiger charge is -2.38. The Bertz CT molecular complexity index is 1550. The van der Waals surface area contributed by atoms with Crippen molar-refractivity contribution in [2.24, 2.45) is 5.73 Å². The fraction of sp³-hybridized carbons (Fsp3) is 0.207. The number of para-hydroxylation sites is 1. The van der Waals surface area contributed by atoms with Crippen LogP contribution in [-0.2, 0) is 11.0 Å². The normalized spacial score (nSPS) is 17.1. The molecule has 0 unspecified atom stereocenters. The maximum Gasteiger partial charge on any atom is 0.416 e. The number of nitrogens with one attached hydrogen (secondary N) is 1. The Morgan fingerprint density at radius 1 is 1.02 bits per heavy atom. The summed E-state index contributed by atoms with van der Waals surface area (Å²) in [6.45, 7) is 1.95. The molecule has 0 radical (unpaired) electrons. The van der Waals surface area contributed by atoms with Gasteiger partial charge in [0.25, 0.3) is 11.8 Å². The molecule has 2 heterocycles. The van der Waals surface area contributed by atoms with E-state index >= 15 is 0 Å². The molecule has 1 aromatic heterocycles. The molecule has 0 aliphatic carbocycles. The maximum atomic E-state index is 14.1. The van der Waals surface area contributed by atoms with E-state index in [0.717, 1.165) is 18.2 Å². The van der Waals surface area contributed by atoms with Crippen LogP contribution in [0.2, 0.25) is 0 Å². The number of aromatic nitrogens is 2. The number of rotatable bonds is 6. The predicted octanol–water partition coefficient (Wildman–Crippen LogP) is 4.57. The highest BCUT2D eigenvalue weighted by molar-refractivity contribution is 6.05. The molecule has 1 aliphatic rings. The first-order valence-electron chi connectivity index (χ1n) is 12.5. The minimum absolute atomic E-state index is 0.0931. The quantitative estimate of drug-likeness (QED) is 0.344. The lowest BCUT2D eigenvalue weighted by Crippen LogP contribution is -2.56. The van der Waals surface area contributed by atoms with Crippen molar-refractivity contribution >= 4 is 17.6 Å². The topological polar surface area (TPSA) is 93.2 Å². The zero-order valence-corrected chi connectivity index (χ0v) is 21.3. The molecule has 0 saturated heterocycles. The molecule has 3 N–H and O–H groups in total. The molecule has 2 amide bonds. The van der Waals surface area contributed by atoms with Crippen LogP contribution in [0.4, 0.5) is 23.4 Å². The summed E-state index contributed by atoms with van der Waals surface area (Å²) in [5.74, 6) is -2.23. The Balaban J connectivity index is 1.66. The van der Waals surface area contributed by atoms with Crippen LogP contribution < -0.4 is 16.0 Å². The molecule has 0 fully saturated rings. The van der Waals surface area contributed by atoms with E-state index in [-0.39, 0.29) is 18.7 Å². The summed E-state index contributed by atoms with van der Waals surface area (Å²) < 4.78 is 55.4. The number of halogens is 4. The molecule has 1 aliphatic heterocycles. The Morgan fingerprint density at radius 2 is 1.73 bits per heavy atom. The van der Waals surface area contributed by atoms with E-state index < -0.39 is 41.3 Å². The largest absolute Gasteiger partial charge is 0.416 e. The van der Waals surface area contributed by atoms with E-state index in [0.29, 0.717) is 28.3 Å². The van der Waals surface area contributed by atoms with Gasteiger partial charge in [-0.25, -0.2) is 9.07 Å². The zero-order valence-electron chi connectivity index (χ0n) is 21.3. The van der Waals surface area contributed by atoms with Gasteiger partial charge in [0.1, 0.15) is 17.7 Å². The van der Waals surface area contributed by atoms with Crippen LogP contribution >= 0.6 is 0 Å². The molecule has 4 aromatic rings. The molecule has 5 rings (SSSR count). The van der Waals surface area contributed by atoms with E-state index in [4.69, 9.17) is 10.8 Å². The summed E-state index contributed by atoms with van der Waals surface area (Å²) in [6, 6.07) is 17.4. The number of nitrogens with two attached hydrogens (primary N) is 1. The number of hydrogen-bond acceptors (Lipinski definition) is 4. The predicted molar refractivity (Wildman–Crippen MR) is 141 cm³/mol. The number of anilines is 1. The molecule has 40 heavy (non-hydrogen) atoms. The van der Waals surface area contributed by atoms with Gasteiger partial charge in [-0.05, 0) is 55.0 Å². The summed E-state index contributed by atoms with van der Waals surface area (Å²) in [6.07, 6.45) is -4.65. The molecular formula is C29H25F4N5O2. The standard InChI is InChI=1S/C29H25F4N5O2/c1-17-23-24(18-10-12-21(30)13-11-18)25(35-26(39)19-6-5-7-20(16-19)29(31,32)33)28(40)37(15-14-34)27(23)38(36-17)22-8-3-2-4-9-22/h2-13,16,24-25H,14-15,34H2,1H3,(H,35,39)/t24-,25-/m0/s1. The highest BCUT2D eigenvalue weighted by Crippen LogP contribution is 2.43. The highest BCUT2D eigenvalue weighted by Gasteiger charge is 2.46. The number of benzene rings is 3. The number of nitrogens with zero attached hydrogens (tertiary/aromatic N) is 3. The van der Waals surface area contributed by atoms with Gasteiger partial charge in [0, 0.05) is 30.1 Å². The third-order valence-corrected chi connectivity index (χ3v) is 6.83. The van der Waals surface area contributed by atoms with Crippen molar-refractivity contribution < 1.29 is 27.2 Å². The fourth-order valence-electron chi connectivity index (χ4n) is 5.06. The smallest absolute Gasteiger partial charge is 0.339 e. The molecule has 3 aromatic carbocycles. The third-order valence-electron chi connectivity index (χ3n) is 6.83. The first-order valence-corrected chi connectivity index (χ1v) is 12.5. The van der Waals surface area contributed by atoms with Crippen LogP contribution in [0.25, 0.3) is 5.69 Å². The number of fused-ring (bicyclic) bond motifs is 1. The van der Waals surface area contributed by atoms with Crippen LogP contribution in [0, 0.1) is 12.7 Å². The molecule has 0 saturated carbocycles. The average molecular weight is 552 g/mol. The van der Waals surface area contributed by atoms with E-state index in [9.17, 15) is 27.2 Å². The van der Waals surface area contributed by atoms with Crippen molar-refractivity contribution in [3.8, 4) is 5.69 Å². The van der Waals surface area contributed by atoms with Crippen LogP contribution in [-0.4, -0.2) is 40.7 Å². The van der Waals surface area contributed by atoms with Crippen molar-refractivity contribution in [3.05, 3.63) is 113 Å². The van der Waals surface area contributed by atoms with Gasteiger partial charge in [0.05, 0.1) is 16.9 Å². The number of aryl methyl sites for hydroxylation is 1. The number of amides is 2. The van der Waals surface area contributed by atoms with Crippen LogP contribution in [0.1, 0.15) is 38.7 Å². The molecule has 0 bridgehead atoms. The fourth-order valence-corrected chi connectivity index (χ4v) is 5.06. The second-order valence-corrected chi connectivity index (χ2v) is 9.41. The molecule has 206 valence electrons. The molecule has 0 spiro atoms. The van der Waals surface area contributed by atoms with Gasteiger partial charge in [-0.2, -0.15) is 18.3 Å². The Hall–Kier alpha value is -4.51. The minimum atomic E-state index is -4.65. The summed E-state index contributed by atoms with van der Waals surface area (Å²) >= 11 is 0. The number of carbonyl (C=O) groups is 2. The van der Waals surface area contributed by atoms with Crippen molar-refractivity contribution in [1.29, 1.82) is 0 Å². The summed E-state index contributed by atoms with van der Waals surface area (Å²) in [7, 11) is 0. The van der Waals surface area contributed by atoms with Gasteiger partial charge in [-0.15, -0.1) is 0 Å². The number of alkyl halides is 3. The second kappa shape index (κ2) is 10.6. The van der Waals surface area contributed by atoms with Gasteiger partial charge in [0.15, 0.2) is 0 Å². The third kappa shape index (κ3) is 4.95. The van der Waals surface area contributed by atoms with Crippen LogP contribution in [0.5, 0.6) is 0 Å². The monoisotopic (exact) mass is 551 g/mol. The Morgan fingerprint density at radius 3 is 2.38 bits per heavy atom. The molecule has 11 heteroatoms. The summed E-state index contributed by atoms with van der Waals surface area (Å²) in [4.78, 5) is 28.8. The zero-order chi connectivity index (χ0) is 28.6. The highest BCUT2D eigenvalue weighted by atomic mass is 19.4. The van der Waals surface area contributed by atoms with Crippen molar-refractivity contribution in [2.45, 2.75) is 25.1 Å². The van der Waals surface area contributed by atoms with E-state index in [1.165, 1.54) is 35.2 Å². The Labute approximate surface area is 227 Å². The van der Waals surface area contributed by atoms with E-state index in [1.54, 1.807) is 11.6 Å². The van der Waals surface area contributed by atoms with Crippen molar-refractivity contribution in [1.82, 2.24) is 15.1 Å². The van der Waals surface area contributed by atoms with Gasteiger partial charge >= 0.3 is 6.18 Å². The molecule has 2 atom stereocenters. The van der Waals surface area contributed by atoms with Crippen molar-refractivity contribution in [2.75, 3.05) is 18.0 Å². The van der Waals surface area contributed by atoms with Gasteiger partial charge in [-0.3, -0.25) is 14.5 Å². The Kier molecular flexibility index (Phi) is 7.16. The van der Waals surface area contributed by atoms with Crippen LogP contribution in [0.3, 0.4) is 0 Å². The van der Waals surface area contributed by atoms with Crippen LogP contribution in [0.15, 0.2) is 78.9 Å². The average Bonchev–Trinajstić information content (AvgIpc) is 3.28. The van der Waals surface area contributed by atoms with E-state index in [2.05, 4.69) is 5.32 Å². The SMILES string of the molecule is Cc1nn(-c2ccccc2)c2c1[C@H](c1ccc(F)cc1)[C@H](NC(=O)c1cccc(C(F)(F)F)c1)C(=O)N2CCN. The second-order valence-electron chi connectivity index (χ2n) is 9.41.